The topological polar surface area (TPSA) is 34.0 Å². The number of carbonyl (C=O) groups excluding carboxylic acids is 1. The first-order chi connectivity index (χ1) is 10.6. The summed E-state index contributed by atoms with van der Waals surface area (Å²) in [6.07, 6.45) is 0. The number of nitrogens with zero attached hydrogens (tertiary/aromatic N) is 1. The number of benzene rings is 2. The molecule has 0 aliphatic rings. The zero-order chi connectivity index (χ0) is 15.7. The van der Waals surface area contributed by atoms with Gasteiger partial charge in [-0.2, -0.15) is 0 Å². The molecule has 2 aromatic carbocycles. The van der Waals surface area contributed by atoms with Crippen LogP contribution in [0.5, 0.6) is 0 Å². The molecule has 3 aromatic rings. The highest BCUT2D eigenvalue weighted by atomic mass is 79.9. The van der Waals surface area contributed by atoms with Crippen molar-refractivity contribution in [3.8, 4) is 0 Å². The first kappa shape index (κ1) is 14.9. The summed E-state index contributed by atoms with van der Waals surface area (Å²) in [7, 11) is 1.95. The van der Waals surface area contributed by atoms with Crippen molar-refractivity contribution in [1.29, 1.82) is 0 Å². The Kier molecular flexibility index (Phi) is 4.03. The standard InChI is InChI=1S/C18H17BrN2O/c1-12(13-8-4-3-5-9-13)20-18(22)16-14-10-6-7-11-15(14)21(2)17(16)19/h3-12H,1-2H3,(H,20,22)/t12-/m0/s1. The van der Waals surface area contributed by atoms with Crippen LogP contribution in [-0.2, 0) is 7.05 Å². The summed E-state index contributed by atoms with van der Waals surface area (Å²) in [4.78, 5) is 12.7. The van der Waals surface area contributed by atoms with Crippen LogP contribution in [0.1, 0.15) is 28.9 Å². The Morgan fingerprint density at radius 1 is 1.09 bits per heavy atom. The molecule has 22 heavy (non-hydrogen) atoms. The SMILES string of the molecule is C[C@H](NC(=O)c1c(Br)n(C)c2ccccc12)c1ccccc1. The van der Waals surface area contributed by atoms with E-state index in [2.05, 4.69) is 21.2 Å². The molecule has 0 bridgehead atoms. The summed E-state index contributed by atoms with van der Waals surface area (Å²) in [6.45, 7) is 1.99. The van der Waals surface area contributed by atoms with Crippen molar-refractivity contribution in [2.24, 2.45) is 7.05 Å². The molecule has 1 atom stereocenters. The van der Waals surface area contributed by atoms with E-state index in [9.17, 15) is 4.79 Å². The van der Waals surface area contributed by atoms with Gasteiger partial charge < -0.3 is 9.88 Å². The highest BCUT2D eigenvalue weighted by Gasteiger charge is 2.20. The second-order valence-corrected chi connectivity index (χ2v) is 6.10. The van der Waals surface area contributed by atoms with Crippen LogP contribution in [0, 0.1) is 0 Å². The number of amides is 1. The minimum absolute atomic E-state index is 0.0421. The summed E-state index contributed by atoms with van der Waals surface area (Å²) in [5, 5.41) is 4.03. The number of aryl methyl sites for hydroxylation is 1. The average Bonchev–Trinajstić information content (AvgIpc) is 2.80. The quantitative estimate of drug-likeness (QED) is 0.739. The fraction of sp³-hybridized carbons (Fsp3) is 0.167. The molecule has 112 valence electrons. The molecule has 0 fully saturated rings. The van der Waals surface area contributed by atoms with E-state index in [4.69, 9.17) is 0 Å². The highest BCUT2D eigenvalue weighted by molar-refractivity contribution is 9.10. The van der Waals surface area contributed by atoms with Crippen LogP contribution in [0.4, 0.5) is 0 Å². The third kappa shape index (κ3) is 2.55. The van der Waals surface area contributed by atoms with Crippen LogP contribution in [0.25, 0.3) is 10.9 Å². The Labute approximate surface area is 138 Å². The third-order valence-electron chi connectivity index (χ3n) is 3.91. The molecule has 1 aromatic heterocycles. The lowest BCUT2D eigenvalue weighted by molar-refractivity contribution is 0.0940. The van der Waals surface area contributed by atoms with Crippen molar-refractivity contribution in [3.05, 3.63) is 70.3 Å². The molecule has 3 rings (SSSR count). The third-order valence-corrected chi connectivity index (χ3v) is 4.84. The van der Waals surface area contributed by atoms with Crippen LogP contribution in [0.15, 0.2) is 59.2 Å². The molecule has 1 amide bonds. The monoisotopic (exact) mass is 356 g/mol. The van der Waals surface area contributed by atoms with Gasteiger partial charge in [0.05, 0.1) is 16.2 Å². The minimum atomic E-state index is -0.0694. The maximum absolute atomic E-state index is 12.7. The second kappa shape index (κ2) is 5.97. The molecule has 3 nitrogen and oxygen atoms in total. The number of para-hydroxylation sites is 1. The summed E-state index contributed by atoms with van der Waals surface area (Å²) < 4.78 is 2.78. The molecular formula is C18H17BrN2O. The van der Waals surface area contributed by atoms with Gasteiger partial charge in [0.1, 0.15) is 0 Å². The smallest absolute Gasteiger partial charge is 0.255 e. The van der Waals surface area contributed by atoms with Crippen molar-refractivity contribution in [2.75, 3.05) is 0 Å². The van der Waals surface area contributed by atoms with Crippen LogP contribution < -0.4 is 5.32 Å². The van der Waals surface area contributed by atoms with Gasteiger partial charge in [-0.05, 0) is 34.5 Å². The van der Waals surface area contributed by atoms with Crippen LogP contribution in [-0.4, -0.2) is 10.5 Å². The molecule has 0 aliphatic heterocycles. The molecule has 0 saturated heterocycles. The number of aromatic nitrogens is 1. The maximum atomic E-state index is 12.7. The molecule has 0 unspecified atom stereocenters. The van der Waals surface area contributed by atoms with E-state index < -0.39 is 0 Å². The van der Waals surface area contributed by atoms with Gasteiger partial charge in [0.2, 0.25) is 0 Å². The summed E-state index contributed by atoms with van der Waals surface area (Å²) >= 11 is 3.54. The normalized spacial score (nSPS) is 12.3. The zero-order valence-electron chi connectivity index (χ0n) is 12.5. The van der Waals surface area contributed by atoms with E-state index in [1.54, 1.807) is 0 Å². The van der Waals surface area contributed by atoms with Crippen molar-refractivity contribution >= 4 is 32.7 Å². The molecule has 1 heterocycles. The highest BCUT2D eigenvalue weighted by Crippen LogP contribution is 2.29. The first-order valence-electron chi connectivity index (χ1n) is 7.18. The number of hydrogen-bond acceptors (Lipinski definition) is 1. The predicted molar refractivity (Wildman–Crippen MR) is 92.9 cm³/mol. The zero-order valence-corrected chi connectivity index (χ0v) is 14.1. The Bertz CT molecular complexity index is 824. The minimum Gasteiger partial charge on any atom is -0.345 e. The molecule has 0 saturated carbocycles. The number of carbonyl (C=O) groups is 1. The van der Waals surface area contributed by atoms with E-state index in [0.29, 0.717) is 5.56 Å². The number of rotatable bonds is 3. The van der Waals surface area contributed by atoms with Crippen LogP contribution in [0.2, 0.25) is 0 Å². The maximum Gasteiger partial charge on any atom is 0.255 e. The summed E-state index contributed by atoms with van der Waals surface area (Å²) in [5.41, 5.74) is 2.81. The van der Waals surface area contributed by atoms with Gasteiger partial charge >= 0.3 is 0 Å². The van der Waals surface area contributed by atoms with Crippen molar-refractivity contribution < 1.29 is 4.79 Å². The van der Waals surface area contributed by atoms with E-state index >= 15 is 0 Å². The summed E-state index contributed by atoms with van der Waals surface area (Å²) in [5.74, 6) is -0.0694. The Balaban J connectivity index is 1.95. The first-order valence-corrected chi connectivity index (χ1v) is 7.97. The van der Waals surface area contributed by atoms with Gasteiger partial charge in [-0.1, -0.05) is 48.5 Å². The Morgan fingerprint density at radius 2 is 1.73 bits per heavy atom. The summed E-state index contributed by atoms with van der Waals surface area (Å²) in [6, 6.07) is 17.8. The van der Waals surface area contributed by atoms with Gasteiger partial charge in [-0.3, -0.25) is 4.79 Å². The lowest BCUT2D eigenvalue weighted by atomic mass is 10.1. The number of halogens is 1. The molecule has 4 heteroatoms. The number of fused-ring (bicyclic) bond motifs is 1. The fourth-order valence-corrected chi connectivity index (χ4v) is 3.26. The lowest BCUT2D eigenvalue weighted by Crippen LogP contribution is -2.26. The van der Waals surface area contributed by atoms with Crippen molar-refractivity contribution in [3.63, 3.8) is 0 Å². The van der Waals surface area contributed by atoms with Gasteiger partial charge in [0.15, 0.2) is 0 Å². The molecule has 0 radical (unpaired) electrons. The van der Waals surface area contributed by atoms with Gasteiger partial charge in [0.25, 0.3) is 5.91 Å². The van der Waals surface area contributed by atoms with Crippen LogP contribution >= 0.6 is 15.9 Å². The Hall–Kier alpha value is -2.07. The number of nitrogens with one attached hydrogen (secondary N) is 1. The average molecular weight is 357 g/mol. The lowest BCUT2D eigenvalue weighted by Gasteiger charge is -2.14. The van der Waals surface area contributed by atoms with Crippen LogP contribution in [0.3, 0.4) is 0 Å². The van der Waals surface area contributed by atoms with E-state index in [1.807, 2.05) is 73.1 Å². The van der Waals surface area contributed by atoms with E-state index in [-0.39, 0.29) is 11.9 Å². The molecular weight excluding hydrogens is 340 g/mol. The largest absolute Gasteiger partial charge is 0.345 e. The predicted octanol–water partition coefficient (Wildman–Crippen LogP) is 4.43. The second-order valence-electron chi connectivity index (χ2n) is 5.35. The van der Waals surface area contributed by atoms with Crippen molar-refractivity contribution in [2.45, 2.75) is 13.0 Å². The fourth-order valence-electron chi connectivity index (χ4n) is 2.67. The van der Waals surface area contributed by atoms with E-state index in [0.717, 1.165) is 21.1 Å². The van der Waals surface area contributed by atoms with Gasteiger partial charge in [0, 0.05) is 18.0 Å². The van der Waals surface area contributed by atoms with Gasteiger partial charge in [-0.15, -0.1) is 0 Å². The molecule has 1 N–H and O–H groups in total. The van der Waals surface area contributed by atoms with E-state index in [1.165, 1.54) is 0 Å². The molecule has 0 spiro atoms. The van der Waals surface area contributed by atoms with Gasteiger partial charge in [-0.25, -0.2) is 0 Å². The molecule has 0 aliphatic carbocycles. The van der Waals surface area contributed by atoms with Crippen molar-refractivity contribution in [1.82, 2.24) is 9.88 Å². The number of hydrogen-bond donors (Lipinski definition) is 1. The Morgan fingerprint density at radius 3 is 2.45 bits per heavy atom.